The number of hydrogen-bond donors (Lipinski definition) is 1. The number of para-hydroxylation sites is 2. The Labute approximate surface area is 166 Å². The third kappa shape index (κ3) is 4.54. The molecule has 28 heavy (non-hydrogen) atoms. The van der Waals surface area contributed by atoms with Gasteiger partial charge in [0.25, 0.3) is 0 Å². The van der Waals surface area contributed by atoms with E-state index in [9.17, 15) is 0 Å². The minimum Gasteiger partial charge on any atom is -0.493 e. The summed E-state index contributed by atoms with van der Waals surface area (Å²) in [7, 11) is 1.66. The Morgan fingerprint density at radius 3 is 2.68 bits per heavy atom. The van der Waals surface area contributed by atoms with Crippen LogP contribution in [0.2, 0.25) is 0 Å². The quantitative estimate of drug-likeness (QED) is 0.644. The molecule has 4 rings (SSSR count). The van der Waals surface area contributed by atoms with Gasteiger partial charge in [-0.2, -0.15) is 5.10 Å². The van der Waals surface area contributed by atoms with E-state index < -0.39 is 0 Å². The van der Waals surface area contributed by atoms with Gasteiger partial charge in [0, 0.05) is 31.1 Å². The number of methoxy groups -OCH3 is 1. The van der Waals surface area contributed by atoms with Crippen LogP contribution in [0.15, 0.2) is 60.7 Å². The van der Waals surface area contributed by atoms with Gasteiger partial charge in [-0.25, -0.2) is 0 Å². The molecule has 1 saturated heterocycles. The van der Waals surface area contributed by atoms with Gasteiger partial charge in [-0.15, -0.1) is 0 Å². The highest BCUT2D eigenvalue weighted by atomic mass is 16.5. The van der Waals surface area contributed by atoms with Gasteiger partial charge in [-0.1, -0.05) is 42.5 Å². The molecule has 146 valence electrons. The molecule has 2 aromatic carbocycles. The van der Waals surface area contributed by atoms with Crippen LogP contribution in [0.25, 0.3) is 0 Å². The van der Waals surface area contributed by atoms with Crippen molar-refractivity contribution in [3.8, 4) is 11.5 Å². The minimum absolute atomic E-state index is 0.504. The first kappa shape index (κ1) is 18.6. The summed E-state index contributed by atoms with van der Waals surface area (Å²) < 4.78 is 11.2. The average molecular weight is 377 g/mol. The van der Waals surface area contributed by atoms with E-state index in [0.29, 0.717) is 12.5 Å². The Morgan fingerprint density at radius 1 is 1.07 bits per heavy atom. The monoisotopic (exact) mass is 377 g/mol. The average Bonchev–Trinajstić information content (AvgIpc) is 3.39. The Bertz CT molecular complexity index is 878. The van der Waals surface area contributed by atoms with Crippen LogP contribution in [0.1, 0.15) is 29.3 Å². The summed E-state index contributed by atoms with van der Waals surface area (Å²) in [5.74, 6) is 2.04. The smallest absolute Gasteiger partial charge is 0.161 e. The van der Waals surface area contributed by atoms with Crippen molar-refractivity contribution in [1.29, 1.82) is 0 Å². The lowest BCUT2D eigenvalue weighted by atomic mass is 10.0. The molecule has 1 aromatic heterocycles. The first-order chi connectivity index (χ1) is 13.8. The van der Waals surface area contributed by atoms with Crippen molar-refractivity contribution in [1.82, 2.24) is 15.1 Å². The Kier molecular flexibility index (Phi) is 5.92. The molecule has 1 aliphatic heterocycles. The first-order valence-corrected chi connectivity index (χ1v) is 9.88. The molecule has 1 N–H and O–H groups in total. The number of rotatable bonds is 8. The summed E-state index contributed by atoms with van der Waals surface area (Å²) >= 11 is 0. The predicted octanol–water partition coefficient (Wildman–Crippen LogP) is 4.03. The lowest BCUT2D eigenvalue weighted by molar-refractivity contribution is 0.296. The lowest BCUT2D eigenvalue weighted by Gasteiger charge is -2.15. The van der Waals surface area contributed by atoms with Gasteiger partial charge in [0.1, 0.15) is 0 Å². The molecule has 5 nitrogen and oxygen atoms in total. The van der Waals surface area contributed by atoms with Gasteiger partial charge in [0.05, 0.1) is 19.4 Å². The fourth-order valence-electron chi connectivity index (χ4n) is 3.78. The van der Waals surface area contributed by atoms with Crippen molar-refractivity contribution in [3.63, 3.8) is 0 Å². The molecular formula is C23H27N3O2. The highest BCUT2D eigenvalue weighted by Crippen LogP contribution is 2.28. The second-order valence-electron chi connectivity index (χ2n) is 7.27. The zero-order valence-electron chi connectivity index (χ0n) is 16.3. The second kappa shape index (κ2) is 8.93. The molecule has 0 aliphatic carbocycles. The Hall–Kier alpha value is -2.79. The summed E-state index contributed by atoms with van der Waals surface area (Å²) in [5, 5.41) is 7.75. The summed E-state index contributed by atoms with van der Waals surface area (Å²) in [4.78, 5) is 2.51. The molecule has 2 heterocycles. The largest absolute Gasteiger partial charge is 0.493 e. The molecule has 0 spiro atoms. The molecule has 0 radical (unpaired) electrons. The van der Waals surface area contributed by atoms with E-state index in [1.807, 2.05) is 24.3 Å². The van der Waals surface area contributed by atoms with Crippen molar-refractivity contribution in [2.75, 3.05) is 26.8 Å². The Morgan fingerprint density at radius 2 is 1.86 bits per heavy atom. The number of hydrogen-bond acceptors (Lipinski definition) is 4. The van der Waals surface area contributed by atoms with E-state index in [0.717, 1.165) is 49.7 Å². The standard InChI is InChI=1S/C23H27N3O2/c1-27-22-9-5-6-10-23(22)28-14-12-20-15-21(25-24-20)19-11-13-26(17-19)16-18-7-3-2-4-8-18/h2-10,15,19H,11-14,16-17H2,1H3,(H,24,25)/t19-/m0/s1. The predicted molar refractivity (Wildman–Crippen MR) is 110 cm³/mol. The molecular weight excluding hydrogens is 350 g/mol. The normalized spacial score (nSPS) is 17.0. The van der Waals surface area contributed by atoms with Crippen LogP contribution in [0.3, 0.4) is 0 Å². The second-order valence-corrected chi connectivity index (χ2v) is 7.27. The Balaban J connectivity index is 1.27. The summed E-state index contributed by atoms with van der Waals surface area (Å²) in [5.41, 5.74) is 3.66. The van der Waals surface area contributed by atoms with Crippen LogP contribution < -0.4 is 9.47 Å². The van der Waals surface area contributed by atoms with Gasteiger partial charge in [-0.3, -0.25) is 10.00 Å². The highest BCUT2D eigenvalue weighted by Gasteiger charge is 2.25. The third-order valence-corrected chi connectivity index (χ3v) is 5.29. The van der Waals surface area contributed by atoms with Gasteiger partial charge >= 0.3 is 0 Å². The van der Waals surface area contributed by atoms with E-state index in [1.165, 1.54) is 11.3 Å². The van der Waals surface area contributed by atoms with Crippen LogP contribution >= 0.6 is 0 Å². The molecule has 0 saturated carbocycles. The number of benzene rings is 2. The number of nitrogens with one attached hydrogen (secondary N) is 1. The fraction of sp³-hybridized carbons (Fsp3) is 0.348. The van der Waals surface area contributed by atoms with Crippen LogP contribution in [-0.2, 0) is 13.0 Å². The molecule has 5 heteroatoms. The summed E-state index contributed by atoms with van der Waals surface area (Å²) in [6, 6.07) is 20.6. The molecule has 3 aromatic rings. The van der Waals surface area contributed by atoms with Gasteiger partial charge in [0.2, 0.25) is 0 Å². The highest BCUT2D eigenvalue weighted by molar-refractivity contribution is 5.39. The topological polar surface area (TPSA) is 50.4 Å². The number of nitrogens with zero attached hydrogens (tertiary/aromatic N) is 2. The number of H-pyrrole nitrogens is 1. The zero-order valence-corrected chi connectivity index (χ0v) is 16.3. The minimum atomic E-state index is 0.504. The van der Waals surface area contributed by atoms with Crippen LogP contribution in [0.4, 0.5) is 0 Å². The number of ether oxygens (including phenoxy) is 2. The maximum absolute atomic E-state index is 5.87. The fourth-order valence-corrected chi connectivity index (χ4v) is 3.78. The summed E-state index contributed by atoms with van der Waals surface area (Å²) in [6.45, 7) is 3.80. The molecule has 1 aliphatic rings. The van der Waals surface area contributed by atoms with Crippen molar-refractivity contribution >= 4 is 0 Å². The van der Waals surface area contributed by atoms with Crippen molar-refractivity contribution < 1.29 is 9.47 Å². The lowest BCUT2D eigenvalue weighted by Crippen LogP contribution is -2.19. The van der Waals surface area contributed by atoms with Crippen LogP contribution in [-0.4, -0.2) is 41.9 Å². The van der Waals surface area contributed by atoms with E-state index >= 15 is 0 Å². The van der Waals surface area contributed by atoms with E-state index in [1.54, 1.807) is 7.11 Å². The van der Waals surface area contributed by atoms with Gasteiger partial charge in [0.15, 0.2) is 11.5 Å². The molecule has 0 amide bonds. The molecule has 0 bridgehead atoms. The van der Waals surface area contributed by atoms with Crippen molar-refractivity contribution in [2.24, 2.45) is 0 Å². The molecule has 1 fully saturated rings. The molecule has 0 unspecified atom stereocenters. The van der Waals surface area contributed by atoms with E-state index in [-0.39, 0.29) is 0 Å². The number of likely N-dealkylation sites (tertiary alicyclic amines) is 1. The summed E-state index contributed by atoms with van der Waals surface area (Å²) in [6.07, 6.45) is 1.96. The SMILES string of the molecule is COc1ccccc1OCCc1cc([C@H]2CCN(Cc3ccccc3)C2)n[nH]1. The van der Waals surface area contributed by atoms with Gasteiger partial charge < -0.3 is 9.47 Å². The number of aromatic amines is 1. The van der Waals surface area contributed by atoms with Crippen LogP contribution in [0.5, 0.6) is 11.5 Å². The van der Waals surface area contributed by atoms with Crippen LogP contribution in [0, 0.1) is 0 Å². The third-order valence-electron chi connectivity index (χ3n) is 5.29. The van der Waals surface area contributed by atoms with E-state index in [4.69, 9.17) is 9.47 Å². The maximum Gasteiger partial charge on any atom is 0.161 e. The van der Waals surface area contributed by atoms with E-state index in [2.05, 4.69) is 51.5 Å². The zero-order chi connectivity index (χ0) is 19.2. The maximum atomic E-state index is 5.87. The van der Waals surface area contributed by atoms with Crippen molar-refractivity contribution in [3.05, 3.63) is 77.6 Å². The molecule has 1 atom stereocenters. The first-order valence-electron chi connectivity index (χ1n) is 9.88. The van der Waals surface area contributed by atoms with Gasteiger partial charge in [-0.05, 0) is 36.7 Å². The number of aromatic nitrogens is 2. The van der Waals surface area contributed by atoms with Crippen molar-refractivity contribution in [2.45, 2.75) is 25.3 Å².